The number of aryl methyl sites for hydroxylation is 1. The van der Waals surface area contributed by atoms with Crippen molar-refractivity contribution in [2.24, 2.45) is 18.4 Å². The van der Waals surface area contributed by atoms with E-state index in [2.05, 4.69) is 76.4 Å². The van der Waals surface area contributed by atoms with Gasteiger partial charge in [-0.25, -0.2) is 9.13 Å². The Labute approximate surface area is 148 Å². The van der Waals surface area contributed by atoms with E-state index in [4.69, 9.17) is 0 Å². The molecule has 1 aromatic heterocycles. The molecule has 0 spiro atoms. The van der Waals surface area contributed by atoms with Crippen LogP contribution < -0.4 is 9.67 Å². The normalized spacial score (nSPS) is 13.2. The molecule has 1 atom stereocenters. The van der Waals surface area contributed by atoms with Gasteiger partial charge in [-0.3, -0.25) is 0 Å². The molecule has 0 fully saturated rings. The van der Waals surface area contributed by atoms with Crippen LogP contribution in [0.5, 0.6) is 0 Å². The second kappa shape index (κ2) is 9.85. The molecule has 24 heavy (non-hydrogen) atoms. The molecule has 0 aromatic carbocycles. The molecule has 0 aliphatic carbocycles. The predicted molar refractivity (Wildman–Crippen MR) is 97.3 cm³/mol. The molecular formula is C20H38N2O2. The zero-order chi connectivity index (χ0) is 19.0. The van der Waals surface area contributed by atoms with Gasteiger partial charge in [0.05, 0.1) is 7.05 Å². The third-order valence-electron chi connectivity index (χ3n) is 4.16. The monoisotopic (exact) mass is 338 g/mol. The van der Waals surface area contributed by atoms with E-state index in [1.807, 2.05) is 6.92 Å². The minimum absolute atomic E-state index is 0.194. The molecule has 4 heteroatoms. The van der Waals surface area contributed by atoms with Gasteiger partial charge in [0.25, 0.3) is 0 Å². The highest BCUT2D eigenvalue weighted by Gasteiger charge is 2.30. The highest BCUT2D eigenvalue weighted by atomic mass is 16.4. The number of nitrogens with zero attached hydrogens (tertiary/aromatic N) is 2. The second-order valence-corrected chi connectivity index (χ2v) is 8.60. The number of hydrogen-bond donors (Lipinski definition) is 0. The van der Waals surface area contributed by atoms with Gasteiger partial charge in [0.1, 0.15) is 17.9 Å². The van der Waals surface area contributed by atoms with Crippen molar-refractivity contribution in [1.29, 1.82) is 0 Å². The van der Waals surface area contributed by atoms with Gasteiger partial charge in [-0.15, -0.1) is 0 Å². The Morgan fingerprint density at radius 3 is 2.12 bits per heavy atom. The van der Waals surface area contributed by atoms with Gasteiger partial charge in [0.2, 0.25) is 6.33 Å². The molecule has 0 radical (unpaired) electrons. The van der Waals surface area contributed by atoms with Crippen molar-refractivity contribution in [2.75, 3.05) is 0 Å². The Morgan fingerprint density at radius 2 is 1.79 bits per heavy atom. The SMILES string of the molecule is CCCCC(CC)C(=O)[O-].C[n+]1ccn(C(C)(C)CC(C)(C)C)c1. The first-order chi connectivity index (χ1) is 10.9. The van der Waals surface area contributed by atoms with Gasteiger partial charge >= 0.3 is 0 Å². The summed E-state index contributed by atoms with van der Waals surface area (Å²) in [6.07, 6.45) is 11.1. The van der Waals surface area contributed by atoms with Crippen LogP contribution in [0.25, 0.3) is 0 Å². The van der Waals surface area contributed by atoms with Gasteiger partial charge < -0.3 is 9.90 Å². The van der Waals surface area contributed by atoms with Gasteiger partial charge in [0, 0.05) is 5.97 Å². The van der Waals surface area contributed by atoms with Crippen LogP contribution in [0.1, 0.15) is 80.6 Å². The standard InChI is InChI=1S/C12H23N2.C8H16O2/c1-11(2,3)9-12(4,5)14-8-7-13(6)10-14;1-3-5-6-7(4-2)8(9)10/h7-8,10H,9H2,1-6H3;7H,3-6H2,1-2H3,(H,9,10)/q+1;/p-1. The molecule has 0 bridgehead atoms. The van der Waals surface area contributed by atoms with Crippen LogP contribution in [0, 0.1) is 11.3 Å². The first-order valence-corrected chi connectivity index (χ1v) is 9.17. The highest BCUT2D eigenvalue weighted by Crippen LogP contribution is 2.31. The van der Waals surface area contributed by atoms with Crippen LogP contribution in [0.15, 0.2) is 18.7 Å². The van der Waals surface area contributed by atoms with Crippen LogP contribution in [0.4, 0.5) is 0 Å². The number of aromatic nitrogens is 2. The number of carboxylic acid groups (broad SMARTS) is 1. The van der Waals surface area contributed by atoms with Crippen LogP contribution in [-0.2, 0) is 17.4 Å². The minimum Gasteiger partial charge on any atom is -0.550 e. The van der Waals surface area contributed by atoms with Crippen molar-refractivity contribution in [2.45, 2.75) is 86.1 Å². The molecule has 4 nitrogen and oxygen atoms in total. The quantitative estimate of drug-likeness (QED) is 0.715. The van der Waals surface area contributed by atoms with E-state index in [1.54, 1.807) is 0 Å². The number of rotatable bonds is 7. The number of aliphatic carboxylic acids is 1. The third kappa shape index (κ3) is 9.09. The van der Waals surface area contributed by atoms with E-state index in [1.165, 1.54) is 6.42 Å². The third-order valence-corrected chi connectivity index (χ3v) is 4.16. The Hall–Kier alpha value is -1.32. The number of carboxylic acids is 1. The van der Waals surface area contributed by atoms with E-state index < -0.39 is 5.97 Å². The summed E-state index contributed by atoms with van der Waals surface area (Å²) in [5, 5.41) is 10.3. The maximum atomic E-state index is 10.3. The van der Waals surface area contributed by atoms with Gasteiger partial charge in [-0.1, -0.05) is 47.5 Å². The number of carbonyl (C=O) groups is 1. The van der Waals surface area contributed by atoms with E-state index in [0.717, 1.165) is 19.3 Å². The summed E-state index contributed by atoms with van der Waals surface area (Å²) in [6.45, 7) is 15.4. The van der Waals surface area contributed by atoms with Crippen molar-refractivity contribution in [3.05, 3.63) is 18.7 Å². The fourth-order valence-electron chi connectivity index (χ4n) is 3.14. The molecule has 0 N–H and O–H groups in total. The van der Waals surface area contributed by atoms with Crippen molar-refractivity contribution >= 4 is 5.97 Å². The molecule has 1 unspecified atom stereocenters. The second-order valence-electron chi connectivity index (χ2n) is 8.60. The fourth-order valence-corrected chi connectivity index (χ4v) is 3.14. The van der Waals surface area contributed by atoms with Crippen molar-refractivity contribution in [1.82, 2.24) is 4.57 Å². The molecule has 0 saturated carbocycles. The summed E-state index contributed by atoms with van der Waals surface area (Å²) < 4.78 is 4.38. The first kappa shape index (κ1) is 22.7. The van der Waals surface area contributed by atoms with E-state index in [0.29, 0.717) is 11.8 Å². The summed E-state index contributed by atoms with van der Waals surface area (Å²) in [5.74, 6) is -1.11. The van der Waals surface area contributed by atoms with E-state index >= 15 is 0 Å². The molecule has 140 valence electrons. The van der Waals surface area contributed by atoms with Gasteiger partial charge in [0.15, 0.2) is 0 Å². The first-order valence-electron chi connectivity index (χ1n) is 9.17. The highest BCUT2D eigenvalue weighted by molar-refractivity contribution is 5.67. The van der Waals surface area contributed by atoms with Gasteiger partial charge in [-0.2, -0.15) is 0 Å². The number of imidazole rings is 1. The zero-order valence-corrected chi connectivity index (χ0v) is 17.1. The Balaban J connectivity index is 0.000000470. The molecule has 1 heterocycles. The summed E-state index contributed by atoms with van der Waals surface area (Å²) in [7, 11) is 2.06. The largest absolute Gasteiger partial charge is 0.550 e. The Kier molecular flexibility index (Phi) is 9.31. The fraction of sp³-hybridized carbons (Fsp3) is 0.800. The lowest BCUT2D eigenvalue weighted by atomic mass is 9.82. The number of unbranched alkanes of at least 4 members (excludes halogenated alkanes) is 1. The van der Waals surface area contributed by atoms with Crippen LogP contribution in [0.3, 0.4) is 0 Å². The maximum absolute atomic E-state index is 10.3. The smallest absolute Gasteiger partial charge is 0.243 e. The molecule has 0 aliphatic rings. The number of carbonyl (C=O) groups excluding carboxylic acids is 1. The molecule has 0 amide bonds. The molecular weight excluding hydrogens is 300 g/mol. The topological polar surface area (TPSA) is 48.9 Å². The molecule has 1 rings (SSSR count). The summed E-state index contributed by atoms with van der Waals surface area (Å²) >= 11 is 0. The Bertz CT molecular complexity index is 484. The van der Waals surface area contributed by atoms with Crippen molar-refractivity contribution in [3.63, 3.8) is 0 Å². The summed E-state index contributed by atoms with van der Waals surface area (Å²) in [4.78, 5) is 10.3. The lowest BCUT2D eigenvalue weighted by Crippen LogP contribution is -2.33. The van der Waals surface area contributed by atoms with Crippen LogP contribution in [0.2, 0.25) is 0 Å². The van der Waals surface area contributed by atoms with Gasteiger partial charge in [-0.05, 0) is 44.4 Å². The van der Waals surface area contributed by atoms with Crippen LogP contribution >= 0.6 is 0 Å². The lowest BCUT2D eigenvalue weighted by molar-refractivity contribution is -0.671. The Morgan fingerprint density at radius 1 is 1.21 bits per heavy atom. The maximum Gasteiger partial charge on any atom is 0.243 e. The van der Waals surface area contributed by atoms with E-state index in [9.17, 15) is 9.90 Å². The lowest BCUT2D eigenvalue weighted by Gasteiger charge is -2.29. The zero-order valence-electron chi connectivity index (χ0n) is 17.1. The van der Waals surface area contributed by atoms with Crippen LogP contribution in [-0.4, -0.2) is 10.5 Å². The predicted octanol–water partition coefficient (Wildman–Crippen LogP) is 3.44. The van der Waals surface area contributed by atoms with Crippen molar-refractivity contribution < 1.29 is 14.5 Å². The number of hydrogen-bond acceptors (Lipinski definition) is 2. The summed E-state index contributed by atoms with van der Waals surface area (Å²) in [6, 6.07) is 0. The van der Waals surface area contributed by atoms with E-state index in [-0.39, 0.29) is 11.5 Å². The summed E-state index contributed by atoms with van der Waals surface area (Å²) in [5.41, 5.74) is 0.561. The van der Waals surface area contributed by atoms with Crippen molar-refractivity contribution in [3.8, 4) is 0 Å². The molecule has 1 aromatic rings. The minimum atomic E-state index is -0.893. The molecule has 0 saturated heterocycles. The average molecular weight is 339 g/mol. The average Bonchev–Trinajstić information content (AvgIpc) is 2.85. The molecule has 0 aliphatic heterocycles.